The summed E-state index contributed by atoms with van der Waals surface area (Å²) in [5.41, 5.74) is -1.80. The second-order valence-electron chi connectivity index (χ2n) is 4.31. The molecule has 20 heavy (non-hydrogen) atoms. The van der Waals surface area contributed by atoms with Crippen LogP contribution in [0.25, 0.3) is 0 Å². The third-order valence-electron chi connectivity index (χ3n) is 2.89. The lowest BCUT2D eigenvalue weighted by molar-refractivity contribution is 0.497. The molecule has 0 atom stereocenters. The van der Waals surface area contributed by atoms with Crippen molar-refractivity contribution in [1.82, 2.24) is 0 Å². The number of hydrogen-bond donors (Lipinski definition) is 0. The van der Waals surface area contributed by atoms with Gasteiger partial charge in [-0.25, -0.2) is 26.3 Å². The summed E-state index contributed by atoms with van der Waals surface area (Å²) in [4.78, 5) is 0. The van der Waals surface area contributed by atoms with E-state index in [1.54, 1.807) is 0 Å². The molecule has 0 bridgehead atoms. The van der Waals surface area contributed by atoms with Gasteiger partial charge in [-0.1, -0.05) is 0 Å². The van der Waals surface area contributed by atoms with Crippen molar-refractivity contribution in [2.45, 2.75) is 6.92 Å². The molecule has 7 heteroatoms. The average molecular weight is 288 g/mol. The first kappa shape index (κ1) is 14.5. The smallest absolute Gasteiger partial charge is 0.207 e. The Morgan fingerprint density at radius 3 is 1.75 bits per heavy atom. The van der Waals surface area contributed by atoms with Crippen molar-refractivity contribution in [2.75, 3.05) is 0 Å². The van der Waals surface area contributed by atoms with Gasteiger partial charge in [0.1, 0.15) is 23.3 Å². The minimum absolute atomic E-state index is 0.260. The molecule has 104 valence electrons. The van der Waals surface area contributed by atoms with Crippen LogP contribution in [-0.2, 0) is 0 Å². The minimum Gasteiger partial charge on any atom is -0.207 e. The molecule has 0 fully saturated rings. The highest BCUT2D eigenvalue weighted by molar-refractivity contribution is 6.67. The van der Waals surface area contributed by atoms with E-state index in [1.165, 1.54) is 0 Å². The van der Waals surface area contributed by atoms with Crippen LogP contribution in [0.4, 0.5) is 26.3 Å². The third-order valence-corrected chi connectivity index (χ3v) is 2.89. The fourth-order valence-electron chi connectivity index (χ4n) is 1.83. The van der Waals surface area contributed by atoms with Crippen molar-refractivity contribution in [2.24, 2.45) is 0 Å². The van der Waals surface area contributed by atoms with Gasteiger partial charge in [-0.15, -0.1) is 0 Å². The van der Waals surface area contributed by atoms with E-state index in [2.05, 4.69) is 0 Å². The summed E-state index contributed by atoms with van der Waals surface area (Å²) < 4.78 is 80.1. The number of hydrogen-bond acceptors (Lipinski definition) is 0. The number of rotatable bonds is 2. The lowest BCUT2D eigenvalue weighted by atomic mass is 9.62. The second kappa shape index (κ2) is 5.23. The van der Waals surface area contributed by atoms with Crippen LogP contribution in [0.5, 0.6) is 0 Å². The quantitative estimate of drug-likeness (QED) is 0.451. The minimum atomic E-state index is -1.51. The molecule has 0 aromatic heterocycles. The zero-order valence-electron chi connectivity index (χ0n) is 10.2. The molecule has 0 spiro atoms. The number of benzene rings is 2. The molecule has 0 radical (unpaired) electrons. The van der Waals surface area contributed by atoms with E-state index in [9.17, 15) is 26.3 Å². The highest BCUT2D eigenvalue weighted by Crippen LogP contribution is 2.12. The standard InChI is InChI=1S/C13H7BF6/c1-5-2-7(16)11(13(20)12(5)19)14-10-8(17)3-6(15)4-9(10)18/h2-4,14H,1H3. The van der Waals surface area contributed by atoms with Gasteiger partial charge in [-0.05, 0) is 29.5 Å². The zero-order valence-corrected chi connectivity index (χ0v) is 10.2. The molecule has 2 rings (SSSR count). The maximum absolute atomic E-state index is 13.6. The lowest BCUT2D eigenvalue weighted by Gasteiger charge is -2.09. The summed E-state index contributed by atoms with van der Waals surface area (Å²) in [5.74, 6) is -7.65. The summed E-state index contributed by atoms with van der Waals surface area (Å²) >= 11 is 0. The fourth-order valence-corrected chi connectivity index (χ4v) is 1.83. The SMILES string of the molecule is Cc1cc(F)c(Bc2c(F)cc(F)cc2F)c(F)c1F. The van der Waals surface area contributed by atoms with Gasteiger partial charge in [-0.3, -0.25) is 0 Å². The Kier molecular flexibility index (Phi) is 3.79. The van der Waals surface area contributed by atoms with Gasteiger partial charge in [0.2, 0.25) is 7.28 Å². The predicted molar refractivity (Wildman–Crippen MR) is 63.8 cm³/mol. The fraction of sp³-hybridized carbons (Fsp3) is 0.0769. The highest BCUT2D eigenvalue weighted by Gasteiger charge is 2.21. The first-order valence-electron chi connectivity index (χ1n) is 5.57. The van der Waals surface area contributed by atoms with Crippen LogP contribution in [0.3, 0.4) is 0 Å². The monoisotopic (exact) mass is 288 g/mol. The molecule has 0 aliphatic heterocycles. The maximum atomic E-state index is 13.6. The van der Waals surface area contributed by atoms with Crippen LogP contribution in [0, 0.1) is 41.8 Å². The number of aryl methyl sites for hydroxylation is 1. The summed E-state index contributed by atoms with van der Waals surface area (Å²) in [6, 6.07) is 1.50. The molecule has 0 aliphatic rings. The van der Waals surface area contributed by atoms with Crippen LogP contribution < -0.4 is 10.9 Å². The van der Waals surface area contributed by atoms with Crippen molar-refractivity contribution < 1.29 is 26.3 Å². The summed E-state index contributed by atoms with van der Waals surface area (Å²) in [7, 11) is -0.854. The maximum Gasteiger partial charge on any atom is 0.207 e. The molecule has 0 aliphatic carbocycles. The molecule has 0 amide bonds. The number of halogens is 6. The molecule has 0 saturated carbocycles. The van der Waals surface area contributed by atoms with Gasteiger partial charge in [0, 0.05) is 12.1 Å². The molecule has 0 heterocycles. The Morgan fingerprint density at radius 2 is 1.20 bits per heavy atom. The second-order valence-corrected chi connectivity index (χ2v) is 4.31. The van der Waals surface area contributed by atoms with Crippen molar-refractivity contribution in [3.8, 4) is 0 Å². The Balaban J connectivity index is 2.54. The summed E-state index contributed by atoms with van der Waals surface area (Å²) in [5, 5.41) is 0. The molecule has 0 N–H and O–H groups in total. The van der Waals surface area contributed by atoms with E-state index >= 15 is 0 Å². The Bertz CT molecular complexity index is 660. The van der Waals surface area contributed by atoms with Gasteiger partial charge in [0.25, 0.3) is 0 Å². The van der Waals surface area contributed by atoms with Gasteiger partial charge >= 0.3 is 0 Å². The van der Waals surface area contributed by atoms with Gasteiger partial charge in [0.05, 0.1) is 0 Å². The largest absolute Gasteiger partial charge is 0.207 e. The molecule has 2 aromatic rings. The summed E-state index contributed by atoms with van der Waals surface area (Å²) in [6.45, 7) is 1.16. The van der Waals surface area contributed by atoms with E-state index in [4.69, 9.17) is 0 Å². The van der Waals surface area contributed by atoms with Gasteiger partial charge < -0.3 is 0 Å². The van der Waals surface area contributed by atoms with Crippen LogP contribution in [0.2, 0.25) is 0 Å². The van der Waals surface area contributed by atoms with Crippen molar-refractivity contribution >= 4 is 18.2 Å². The van der Waals surface area contributed by atoms with Gasteiger partial charge in [-0.2, -0.15) is 0 Å². The third kappa shape index (κ3) is 2.52. The molecule has 0 saturated heterocycles. The molecular weight excluding hydrogens is 281 g/mol. The summed E-state index contributed by atoms with van der Waals surface area (Å²) in [6.07, 6.45) is 0. The van der Waals surface area contributed by atoms with E-state index in [0.717, 1.165) is 13.0 Å². The van der Waals surface area contributed by atoms with Crippen LogP contribution in [0.1, 0.15) is 5.56 Å². The van der Waals surface area contributed by atoms with E-state index in [-0.39, 0.29) is 5.56 Å². The lowest BCUT2D eigenvalue weighted by Crippen LogP contribution is -2.37. The van der Waals surface area contributed by atoms with Crippen LogP contribution >= 0.6 is 0 Å². The zero-order chi connectivity index (χ0) is 15.0. The molecule has 0 unspecified atom stereocenters. The first-order chi connectivity index (χ1) is 9.31. The first-order valence-corrected chi connectivity index (χ1v) is 5.57. The highest BCUT2D eigenvalue weighted by atomic mass is 19.2. The van der Waals surface area contributed by atoms with Crippen molar-refractivity contribution in [3.63, 3.8) is 0 Å². The molecule has 2 aromatic carbocycles. The predicted octanol–water partition coefficient (Wildman–Crippen LogP) is 2.22. The van der Waals surface area contributed by atoms with Crippen LogP contribution in [0.15, 0.2) is 18.2 Å². The average Bonchev–Trinajstić information content (AvgIpc) is 2.34. The van der Waals surface area contributed by atoms with Crippen molar-refractivity contribution in [3.05, 3.63) is 58.7 Å². The molecular formula is C13H7BF6. The van der Waals surface area contributed by atoms with Gasteiger partial charge in [0.15, 0.2) is 11.6 Å². The molecule has 0 nitrogen and oxygen atoms in total. The Morgan fingerprint density at radius 1 is 0.700 bits per heavy atom. The van der Waals surface area contributed by atoms with E-state index < -0.39 is 53.1 Å². The normalized spacial score (nSPS) is 10.8. The topological polar surface area (TPSA) is 0 Å². The Hall–Kier alpha value is -1.92. The van der Waals surface area contributed by atoms with E-state index in [0.29, 0.717) is 12.1 Å². The van der Waals surface area contributed by atoms with Crippen molar-refractivity contribution in [1.29, 1.82) is 0 Å². The Labute approximate surface area is 111 Å². The van der Waals surface area contributed by atoms with E-state index in [1.807, 2.05) is 0 Å². The van der Waals surface area contributed by atoms with Crippen LogP contribution in [-0.4, -0.2) is 7.28 Å².